The summed E-state index contributed by atoms with van der Waals surface area (Å²) in [6.45, 7) is 0.936. The largest absolute Gasteiger partial charge is 0.412 e. The van der Waals surface area contributed by atoms with Crippen molar-refractivity contribution in [2.75, 3.05) is 42.4 Å². The monoisotopic (exact) mass is 273 g/mol. The van der Waals surface area contributed by atoms with Gasteiger partial charge in [-0.1, -0.05) is 0 Å². The first kappa shape index (κ1) is 15.2. The lowest BCUT2D eigenvalue weighted by molar-refractivity contribution is 0.145. The number of aliphatic hydroxyl groups excluding tert-OH is 2. The van der Waals surface area contributed by atoms with Gasteiger partial charge in [-0.2, -0.15) is 4.98 Å². The van der Waals surface area contributed by atoms with Crippen molar-refractivity contribution in [2.45, 2.75) is 6.42 Å². The van der Waals surface area contributed by atoms with Gasteiger partial charge in [-0.05, 0) is 6.42 Å². The molecule has 0 bridgehead atoms. The fourth-order valence-corrected chi connectivity index (χ4v) is 1.88. The smallest absolute Gasteiger partial charge is 0.277 e. The number of nitrogens with two attached hydrogens (primary N) is 1. The predicted octanol–water partition coefficient (Wildman–Crippen LogP) is -2.29. The molecular weight excluding hydrogens is 254 g/mol. The van der Waals surface area contributed by atoms with Gasteiger partial charge in [0.2, 0.25) is 5.95 Å². The average molecular weight is 273 g/mol. The van der Waals surface area contributed by atoms with Crippen molar-refractivity contribution in [3.05, 3.63) is 10.4 Å². The third-order valence-electron chi connectivity index (χ3n) is 2.99. The second kappa shape index (κ2) is 6.36. The highest BCUT2D eigenvalue weighted by Gasteiger charge is 2.24. The molecule has 8 N–H and O–H groups in total. The minimum atomic E-state index is -0.291. The molecule has 108 valence electrons. The van der Waals surface area contributed by atoms with Crippen LogP contribution in [0.2, 0.25) is 0 Å². The van der Waals surface area contributed by atoms with Gasteiger partial charge in [-0.25, -0.2) is 0 Å². The highest BCUT2D eigenvalue weighted by atomic mass is 16.3. The molecular formula is C10H19N5O4. The Balaban J connectivity index is 0.00000180. The lowest BCUT2D eigenvalue weighted by atomic mass is 10.1. The van der Waals surface area contributed by atoms with Gasteiger partial charge in [0.25, 0.3) is 5.56 Å². The van der Waals surface area contributed by atoms with E-state index in [0.29, 0.717) is 31.1 Å². The number of aromatic nitrogens is 2. The average Bonchev–Trinajstić information content (AvgIpc) is 2.74. The van der Waals surface area contributed by atoms with Crippen LogP contribution in [0.25, 0.3) is 0 Å². The summed E-state index contributed by atoms with van der Waals surface area (Å²) in [5.74, 6) is 0.438. The number of nitrogens with one attached hydrogen (secondary N) is 2. The molecule has 9 heteroatoms. The second-order valence-electron chi connectivity index (χ2n) is 4.27. The topological polar surface area (TPSA) is 159 Å². The molecule has 9 nitrogen and oxygen atoms in total. The molecule has 1 aliphatic heterocycles. The summed E-state index contributed by atoms with van der Waals surface area (Å²) < 4.78 is 0. The molecule has 0 spiro atoms. The first-order valence-corrected chi connectivity index (χ1v) is 5.76. The zero-order valence-electron chi connectivity index (χ0n) is 10.4. The number of aliphatic hydroxyl groups is 2. The lowest BCUT2D eigenvalue weighted by Crippen LogP contribution is -2.28. The maximum Gasteiger partial charge on any atom is 0.277 e. The molecule has 0 radical (unpaired) electrons. The molecule has 0 unspecified atom stereocenters. The van der Waals surface area contributed by atoms with Gasteiger partial charge in [0, 0.05) is 25.7 Å². The summed E-state index contributed by atoms with van der Waals surface area (Å²) in [7, 11) is 0. The van der Waals surface area contributed by atoms with E-state index < -0.39 is 0 Å². The number of fused-ring (bicyclic) bond motifs is 1. The van der Waals surface area contributed by atoms with E-state index in [9.17, 15) is 4.79 Å². The summed E-state index contributed by atoms with van der Waals surface area (Å²) >= 11 is 0. The number of nitrogen functional groups attached to an aromatic ring is 1. The van der Waals surface area contributed by atoms with Crippen LogP contribution in [0.4, 0.5) is 17.5 Å². The van der Waals surface area contributed by atoms with Crippen LogP contribution in [-0.2, 0) is 0 Å². The van der Waals surface area contributed by atoms with E-state index in [-0.39, 0.29) is 36.1 Å². The quantitative estimate of drug-likeness (QED) is 0.403. The molecule has 0 amide bonds. The Morgan fingerprint density at radius 3 is 2.74 bits per heavy atom. The first-order valence-electron chi connectivity index (χ1n) is 5.76. The van der Waals surface area contributed by atoms with E-state index in [1.165, 1.54) is 0 Å². The highest BCUT2D eigenvalue weighted by molar-refractivity contribution is 5.70. The zero-order chi connectivity index (χ0) is 13.1. The fourth-order valence-electron chi connectivity index (χ4n) is 1.88. The molecule has 2 rings (SSSR count). The van der Waals surface area contributed by atoms with Crippen LogP contribution in [0.5, 0.6) is 0 Å². The molecule has 0 fully saturated rings. The third kappa shape index (κ3) is 3.13. The minimum Gasteiger partial charge on any atom is -0.412 e. The Bertz CT molecular complexity index is 473. The molecule has 0 saturated carbocycles. The molecule has 0 aliphatic carbocycles. The number of rotatable bonds is 5. The van der Waals surface area contributed by atoms with Gasteiger partial charge < -0.3 is 31.6 Å². The molecule has 1 aromatic heterocycles. The van der Waals surface area contributed by atoms with Crippen LogP contribution in [0.15, 0.2) is 4.79 Å². The number of aromatic amines is 1. The maximum atomic E-state index is 11.6. The lowest BCUT2D eigenvalue weighted by Gasteiger charge is -2.19. The van der Waals surface area contributed by atoms with Crippen molar-refractivity contribution in [3.8, 4) is 0 Å². The summed E-state index contributed by atoms with van der Waals surface area (Å²) in [4.78, 5) is 20.0. The highest BCUT2D eigenvalue weighted by Crippen LogP contribution is 2.25. The molecule has 0 saturated heterocycles. The van der Waals surface area contributed by atoms with E-state index in [4.69, 9.17) is 15.9 Å². The standard InChI is InChI=1S/C10H17N5O3.H2O/c11-10-13-8-7(9(18)14-10)12-5-15(8)2-1-6(3-16)4-17;/h6,12,16-17H,1-5H2,(H3,11,13,14,18);1H2. The maximum absolute atomic E-state index is 11.6. The van der Waals surface area contributed by atoms with Crippen molar-refractivity contribution in [1.82, 2.24) is 9.97 Å². The SMILES string of the molecule is Nc1nc2c(c(=O)[nH]1)NCN2CCC(CO)CO.O. The van der Waals surface area contributed by atoms with E-state index in [2.05, 4.69) is 15.3 Å². The Kier molecular flexibility index (Phi) is 5.10. The third-order valence-corrected chi connectivity index (χ3v) is 2.99. The first-order chi connectivity index (χ1) is 8.65. The van der Waals surface area contributed by atoms with Crippen molar-refractivity contribution in [3.63, 3.8) is 0 Å². The van der Waals surface area contributed by atoms with Crippen LogP contribution in [0.1, 0.15) is 6.42 Å². The van der Waals surface area contributed by atoms with Crippen molar-refractivity contribution >= 4 is 17.5 Å². The van der Waals surface area contributed by atoms with Crippen LogP contribution in [-0.4, -0.2) is 52.1 Å². The zero-order valence-corrected chi connectivity index (χ0v) is 10.4. The van der Waals surface area contributed by atoms with Gasteiger partial charge in [0.05, 0.1) is 6.67 Å². The van der Waals surface area contributed by atoms with Gasteiger partial charge in [0.1, 0.15) is 5.69 Å². The Morgan fingerprint density at radius 1 is 1.42 bits per heavy atom. The summed E-state index contributed by atoms with van der Waals surface area (Å²) in [6, 6.07) is 0. The molecule has 1 aromatic rings. The molecule has 19 heavy (non-hydrogen) atoms. The molecule has 1 aliphatic rings. The number of hydrogen-bond donors (Lipinski definition) is 5. The number of hydrogen-bond acceptors (Lipinski definition) is 7. The van der Waals surface area contributed by atoms with E-state index in [1.54, 1.807) is 0 Å². The van der Waals surface area contributed by atoms with Gasteiger partial charge in [-0.15, -0.1) is 0 Å². The number of anilines is 3. The van der Waals surface area contributed by atoms with Gasteiger partial charge in [-0.3, -0.25) is 9.78 Å². The molecule has 0 atom stereocenters. The molecule has 0 aromatic carbocycles. The van der Waals surface area contributed by atoms with Crippen LogP contribution in [0.3, 0.4) is 0 Å². The fraction of sp³-hybridized carbons (Fsp3) is 0.600. The summed E-state index contributed by atoms with van der Waals surface area (Å²) in [5, 5.41) is 20.9. The molecule has 2 heterocycles. The van der Waals surface area contributed by atoms with Crippen LogP contribution >= 0.6 is 0 Å². The second-order valence-corrected chi connectivity index (χ2v) is 4.27. The van der Waals surface area contributed by atoms with Crippen molar-refractivity contribution in [2.24, 2.45) is 5.92 Å². The summed E-state index contributed by atoms with van der Waals surface area (Å²) in [5.41, 5.74) is 5.62. The van der Waals surface area contributed by atoms with Crippen molar-refractivity contribution < 1.29 is 15.7 Å². The Labute approximate surface area is 109 Å². The van der Waals surface area contributed by atoms with E-state index in [1.807, 2.05) is 4.90 Å². The van der Waals surface area contributed by atoms with Gasteiger partial charge >= 0.3 is 0 Å². The number of H-pyrrole nitrogens is 1. The Morgan fingerprint density at radius 2 is 2.11 bits per heavy atom. The van der Waals surface area contributed by atoms with Crippen LogP contribution < -0.4 is 21.5 Å². The van der Waals surface area contributed by atoms with E-state index in [0.717, 1.165) is 0 Å². The minimum absolute atomic E-state index is 0. The van der Waals surface area contributed by atoms with Crippen LogP contribution in [0, 0.1) is 5.92 Å². The predicted molar refractivity (Wildman–Crippen MR) is 71.0 cm³/mol. The number of nitrogens with zero attached hydrogens (tertiary/aromatic N) is 2. The van der Waals surface area contributed by atoms with Gasteiger partial charge in [0.15, 0.2) is 5.82 Å². The van der Waals surface area contributed by atoms with E-state index >= 15 is 0 Å². The Hall–Kier alpha value is -1.84. The van der Waals surface area contributed by atoms with Crippen molar-refractivity contribution in [1.29, 1.82) is 0 Å². The normalized spacial score (nSPS) is 13.1. The summed E-state index contributed by atoms with van der Waals surface area (Å²) in [6.07, 6.45) is 0.614.